The number of carboxylic acid groups (broad SMARTS) is 1. The van der Waals surface area contributed by atoms with Crippen molar-refractivity contribution in [3.05, 3.63) is 48.0 Å². The number of anilines is 1. The number of halogens is 1. The summed E-state index contributed by atoms with van der Waals surface area (Å²) in [6, 6.07) is 6.40. The number of hydrogen-bond donors (Lipinski definition) is 2. The Bertz CT molecular complexity index is 800. The van der Waals surface area contributed by atoms with Gasteiger partial charge < -0.3 is 10.4 Å². The average molecular weight is 331 g/mol. The maximum absolute atomic E-state index is 13.6. The minimum absolute atomic E-state index is 0.245. The number of nitrogens with one attached hydrogen (secondary N) is 1. The van der Waals surface area contributed by atoms with E-state index in [1.54, 1.807) is 38.2 Å². The van der Waals surface area contributed by atoms with E-state index in [1.807, 2.05) is 0 Å². The number of aliphatic carboxylic acids is 1. The van der Waals surface area contributed by atoms with Crippen molar-refractivity contribution in [1.82, 2.24) is 9.78 Å². The third kappa shape index (κ3) is 2.89. The van der Waals surface area contributed by atoms with Crippen LogP contribution in [-0.2, 0) is 16.1 Å². The van der Waals surface area contributed by atoms with Crippen LogP contribution in [0.5, 0.6) is 0 Å². The van der Waals surface area contributed by atoms with Gasteiger partial charge in [0.1, 0.15) is 5.82 Å². The van der Waals surface area contributed by atoms with Crippen molar-refractivity contribution in [2.45, 2.75) is 20.4 Å². The monoisotopic (exact) mass is 331 g/mol. The van der Waals surface area contributed by atoms with Crippen LogP contribution in [0.25, 0.3) is 0 Å². The Balaban J connectivity index is 1.66. The lowest BCUT2D eigenvalue weighted by molar-refractivity contribution is -0.140. The number of carbonyl (C=O) groups excluding carboxylic acids is 1. The van der Waals surface area contributed by atoms with Gasteiger partial charge in [-0.1, -0.05) is 32.0 Å². The highest BCUT2D eigenvalue weighted by molar-refractivity contribution is 5.99. The molecule has 6 nitrogen and oxygen atoms in total. The van der Waals surface area contributed by atoms with Crippen LogP contribution in [0, 0.1) is 23.1 Å². The fourth-order valence-corrected chi connectivity index (χ4v) is 3.12. The third-order valence-electron chi connectivity index (χ3n) is 4.57. The van der Waals surface area contributed by atoms with Crippen molar-refractivity contribution < 1.29 is 19.1 Å². The van der Waals surface area contributed by atoms with Crippen LogP contribution >= 0.6 is 0 Å². The summed E-state index contributed by atoms with van der Waals surface area (Å²) in [4.78, 5) is 23.4. The highest BCUT2D eigenvalue weighted by Crippen LogP contribution is 2.58. The molecular weight excluding hydrogens is 313 g/mol. The van der Waals surface area contributed by atoms with E-state index in [0.717, 1.165) is 0 Å². The van der Waals surface area contributed by atoms with Crippen molar-refractivity contribution in [2.24, 2.45) is 17.3 Å². The molecule has 2 aromatic rings. The largest absolute Gasteiger partial charge is 0.481 e. The summed E-state index contributed by atoms with van der Waals surface area (Å²) in [5.41, 5.74) is 0.398. The zero-order chi connectivity index (χ0) is 17.5. The van der Waals surface area contributed by atoms with Gasteiger partial charge in [0.05, 0.1) is 30.3 Å². The second-order valence-corrected chi connectivity index (χ2v) is 6.62. The first-order valence-electron chi connectivity index (χ1n) is 7.60. The van der Waals surface area contributed by atoms with E-state index in [0.29, 0.717) is 11.3 Å². The molecule has 1 aliphatic carbocycles. The van der Waals surface area contributed by atoms with Crippen LogP contribution in [0.2, 0.25) is 0 Å². The number of carbonyl (C=O) groups is 2. The molecule has 0 radical (unpaired) electrons. The second-order valence-electron chi connectivity index (χ2n) is 6.62. The van der Waals surface area contributed by atoms with Gasteiger partial charge in [0, 0.05) is 11.8 Å². The molecule has 1 amide bonds. The summed E-state index contributed by atoms with van der Waals surface area (Å²) < 4.78 is 15.2. The summed E-state index contributed by atoms with van der Waals surface area (Å²) in [5, 5.41) is 15.9. The van der Waals surface area contributed by atoms with Gasteiger partial charge >= 0.3 is 5.97 Å². The molecule has 24 heavy (non-hydrogen) atoms. The molecule has 7 heteroatoms. The summed E-state index contributed by atoms with van der Waals surface area (Å²) in [6.07, 6.45) is 3.05. The molecule has 1 aromatic heterocycles. The van der Waals surface area contributed by atoms with E-state index in [4.69, 9.17) is 5.11 Å². The topological polar surface area (TPSA) is 84.2 Å². The second kappa shape index (κ2) is 5.74. The minimum Gasteiger partial charge on any atom is -0.481 e. The van der Waals surface area contributed by atoms with E-state index in [2.05, 4.69) is 10.4 Å². The maximum atomic E-state index is 13.6. The van der Waals surface area contributed by atoms with Crippen LogP contribution in [-0.4, -0.2) is 26.8 Å². The number of benzene rings is 1. The Labute approximate surface area is 138 Å². The van der Waals surface area contributed by atoms with Crippen molar-refractivity contribution in [3.8, 4) is 0 Å². The van der Waals surface area contributed by atoms with Crippen molar-refractivity contribution >= 4 is 17.6 Å². The fraction of sp³-hybridized carbons (Fsp3) is 0.353. The minimum atomic E-state index is -0.963. The van der Waals surface area contributed by atoms with E-state index >= 15 is 0 Å². The standard InChI is InChI=1S/C17H18FN3O3/c1-17(2)13(14(17)16(23)24)15(22)20-11-7-19-21(9-11)8-10-5-3-4-6-12(10)18/h3-7,9,13-14H,8H2,1-2H3,(H,20,22)(H,23,24)/t13-,14-/m0/s1. The Morgan fingerprint density at radius 1 is 1.33 bits per heavy atom. The number of rotatable bonds is 5. The Morgan fingerprint density at radius 3 is 2.67 bits per heavy atom. The van der Waals surface area contributed by atoms with Gasteiger partial charge in [0.15, 0.2) is 0 Å². The lowest BCUT2D eigenvalue weighted by atomic mass is 10.1. The van der Waals surface area contributed by atoms with Gasteiger partial charge in [0.25, 0.3) is 0 Å². The predicted octanol–water partition coefficient (Wildman–Crippen LogP) is 2.37. The van der Waals surface area contributed by atoms with E-state index in [-0.39, 0.29) is 18.3 Å². The fourth-order valence-electron chi connectivity index (χ4n) is 3.12. The molecule has 1 fully saturated rings. The van der Waals surface area contributed by atoms with Crippen LogP contribution in [0.3, 0.4) is 0 Å². The molecule has 2 atom stereocenters. The zero-order valence-corrected chi connectivity index (χ0v) is 13.4. The van der Waals surface area contributed by atoms with Crippen molar-refractivity contribution in [3.63, 3.8) is 0 Å². The Hall–Kier alpha value is -2.70. The number of hydrogen-bond acceptors (Lipinski definition) is 3. The van der Waals surface area contributed by atoms with E-state index < -0.39 is 23.2 Å². The summed E-state index contributed by atoms with van der Waals surface area (Å²) in [5.74, 6) is -2.85. The lowest BCUT2D eigenvalue weighted by Crippen LogP contribution is -2.17. The first-order valence-corrected chi connectivity index (χ1v) is 7.60. The van der Waals surface area contributed by atoms with Crippen LogP contribution in [0.15, 0.2) is 36.7 Å². The molecule has 3 rings (SSSR count). The highest BCUT2D eigenvalue weighted by atomic mass is 19.1. The normalized spacial score (nSPS) is 21.3. The molecule has 1 heterocycles. The predicted molar refractivity (Wildman–Crippen MR) is 84.8 cm³/mol. The molecule has 0 unspecified atom stereocenters. The molecule has 2 N–H and O–H groups in total. The average Bonchev–Trinajstić information content (AvgIpc) is 2.85. The van der Waals surface area contributed by atoms with E-state index in [9.17, 15) is 14.0 Å². The van der Waals surface area contributed by atoms with Crippen LogP contribution in [0.4, 0.5) is 10.1 Å². The summed E-state index contributed by atoms with van der Waals surface area (Å²) >= 11 is 0. The molecule has 1 aliphatic rings. The summed E-state index contributed by atoms with van der Waals surface area (Å²) in [7, 11) is 0. The van der Waals surface area contributed by atoms with Crippen LogP contribution < -0.4 is 5.32 Å². The molecule has 1 aromatic carbocycles. The number of carboxylic acids is 1. The summed E-state index contributed by atoms with van der Waals surface area (Å²) in [6.45, 7) is 3.77. The van der Waals surface area contributed by atoms with Gasteiger partial charge in [-0.05, 0) is 11.5 Å². The van der Waals surface area contributed by atoms with Gasteiger partial charge in [-0.25, -0.2) is 4.39 Å². The molecule has 1 saturated carbocycles. The zero-order valence-electron chi connectivity index (χ0n) is 13.4. The molecular formula is C17H18FN3O3. The Kier molecular flexibility index (Phi) is 3.87. The smallest absolute Gasteiger partial charge is 0.307 e. The van der Waals surface area contributed by atoms with E-state index in [1.165, 1.54) is 16.9 Å². The van der Waals surface area contributed by atoms with Gasteiger partial charge in [-0.3, -0.25) is 14.3 Å². The van der Waals surface area contributed by atoms with Gasteiger partial charge in [-0.2, -0.15) is 5.10 Å². The molecule has 126 valence electrons. The first kappa shape index (κ1) is 16.2. The molecule has 0 saturated heterocycles. The van der Waals surface area contributed by atoms with Gasteiger partial charge in [0.2, 0.25) is 5.91 Å². The number of aromatic nitrogens is 2. The molecule has 0 spiro atoms. The SMILES string of the molecule is CC1(C)[C@H](C(=O)O)[C@H]1C(=O)Nc1cnn(Cc2ccccc2F)c1. The number of nitrogens with zero attached hydrogens (tertiary/aromatic N) is 2. The lowest BCUT2D eigenvalue weighted by Gasteiger charge is -2.04. The Morgan fingerprint density at radius 2 is 2.04 bits per heavy atom. The quantitative estimate of drug-likeness (QED) is 0.881. The van der Waals surface area contributed by atoms with Crippen molar-refractivity contribution in [2.75, 3.05) is 5.32 Å². The highest BCUT2D eigenvalue weighted by Gasteiger charge is 2.65. The first-order chi connectivity index (χ1) is 11.3. The van der Waals surface area contributed by atoms with Gasteiger partial charge in [-0.15, -0.1) is 0 Å². The molecule has 0 bridgehead atoms. The van der Waals surface area contributed by atoms with Crippen molar-refractivity contribution in [1.29, 1.82) is 0 Å². The molecule has 0 aliphatic heterocycles. The number of amides is 1. The maximum Gasteiger partial charge on any atom is 0.307 e. The van der Waals surface area contributed by atoms with Crippen LogP contribution in [0.1, 0.15) is 19.4 Å². The third-order valence-corrected chi connectivity index (χ3v) is 4.57.